The molecule has 0 aliphatic rings. The van der Waals surface area contributed by atoms with Gasteiger partial charge in [-0.05, 0) is 23.3 Å². The van der Waals surface area contributed by atoms with Gasteiger partial charge >= 0.3 is 5.69 Å². The van der Waals surface area contributed by atoms with E-state index in [4.69, 9.17) is 0 Å². The zero-order valence-electron chi connectivity index (χ0n) is 13.7. The molecule has 0 aliphatic carbocycles. The Morgan fingerprint density at radius 1 is 1.04 bits per heavy atom. The second kappa shape index (κ2) is 6.24. The van der Waals surface area contributed by atoms with Crippen molar-refractivity contribution < 1.29 is 0 Å². The van der Waals surface area contributed by atoms with E-state index in [1.54, 1.807) is 24.0 Å². The highest BCUT2D eigenvalue weighted by Crippen LogP contribution is 2.22. The Morgan fingerprint density at radius 2 is 1.80 bits per heavy atom. The first kappa shape index (κ1) is 15.1. The maximum atomic E-state index is 11.7. The number of fused-ring (bicyclic) bond motifs is 1. The molecule has 0 saturated heterocycles. The van der Waals surface area contributed by atoms with Crippen LogP contribution in [-0.2, 0) is 13.6 Å². The van der Waals surface area contributed by atoms with Crippen molar-refractivity contribution in [3.8, 4) is 11.1 Å². The van der Waals surface area contributed by atoms with Crippen LogP contribution < -0.4 is 11.0 Å². The predicted molar refractivity (Wildman–Crippen MR) is 98.3 cm³/mol. The highest BCUT2D eigenvalue weighted by Gasteiger charge is 2.06. The highest BCUT2D eigenvalue weighted by molar-refractivity contribution is 5.81. The molecule has 0 amide bonds. The Bertz CT molecular complexity index is 1060. The maximum absolute atomic E-state index is 11.7. The molecule has 4 rings (SSSR count). The molecule has 0 saturated carbocycles. The van der Waals surface area contributed by atoms with Gasteiger partial charge in [-0.2, -0.15) is 0 Å². The molecule has 0 fully saturated rings. The molecule has 2 aromatic carbocycles. The summed E-state index contributed by atoms with van der Waals surface area (Å²) >= 11 is 0. The predicted octanol–water partition coefficient (Wildman–Crippen LogP) is 2.94. The number of hydrogen-bond acceptors (Lipinski definition) is 4. The van der Waals surface area contributed by atoms with Crippen LogP contribution in [-0.4, -0.2) is 19.5 Å². The van der Waals surface area contributed by atoms with Crippen molar-refractivity contribution in [2.45, 2.75) is 6.54 Å². The van der Waals surface area contributed by atoms with Crippen LogP contribution in [0.15, 0.2) is 65.7 Å². The first-order valence-electron chi connectivity index (χ1n) is 8.00. The number of anilines is 1. The molecule has 124 valence electrons. The Labute approximate surface area is 144 Å². The van der Waals surface area contributed by atoms with Gasteiger partial charge < -0.3 is 10.3 Å². The summed E-state index contributed by atoms with van der Waals surface area (Å²) in [5.41, 5.74) is 4.59. The summed E-state index contributed by atoms with van der Waals surface area (Å²) in [6.07, 6.45) is 3.56. The molecule has 6 heteroatoms. The van der Waals surface area contributed by atoms with Crippen molar-refractivity contribution >= 4 is 17.0 Å². The molecule has 25 heavy (non-hydrogen) atoms. The Kier molecular flexibility index (Phi) is 3.78. The zero-order valence-corrected chi connectivity index (χ0v) is 13.7. The lowest BCUT2D eigenvalue weighted by Crippen LogP contribution is -2.11. The van der Waals surface area contributed by atoms with Crippen LogP contribution in [0.25, 0.3) is 22.2 Å². The quantitative estimate of drug-likeness (QED) is 0.603. The molecule has 0 radical (unpaired) electrons. The minimum absolute atomic E-state index is 0.121. The topological polar surface area (TPSA) is 75.6 Å². The smallest absolute Gasteiger partial charge is 0.326 e. The molecule has 0 bridgehead atoms. The first-order chi connectivity index (χ1) is 12.2. The van der Waals surface area contributed by atoms with Crippen molar-refractivity contribution in [1.29, 1.82) is 0 Å². The summed E-state index contributed by atoms with van der Waals surface area (Å²) in [4.78, 5) is 23.3. The Morgan fingerprint density at radius 3 is 2.56 bits per heavy atom. The minimum Gasteiger partial charge on any atom is -0.350 e. The fraction of sp³-hybridized carbons (Fsp3) is 0.105. The number of nitrogens with one attached hydrogen (secondary N) is 2. The van der Waals surface area contributed by atoms with Crippen LogP contribution in [0.1, 0.15) is 5.56 Å². The average molecular weight is 331 g/mol. The van der Waals surface area contributed by atoms with Gasteiger partial charge in [0.1, 0.15) is 0 Å². The van der Waals surface area contributed by atoms with Gasteiger partial charge in [0.05, 0.1) is 11.0 Å². The lowest BCUT2D eigenvalue weighted by atomic mass is 10.1. The standard InChI is InChI=1S/C19H17N5O/c1-24-17-8-7-14(9-16(17)23-19(24)25)15-11-21-18(22-12-15)20-10-13-5-3-2-4-6-13/h2-9,11-12H,10H2,1H3,(H,23,25)(H,20,21,22). The zero-order chi connectivity index (χ0) is 17.2. The van der Waals surface area contributed by atoms with Crippen molar-refractivity contribution in [2.24, 2.45) is 7.05 Å². The van der Waals surface area contributed by atoms with E-state index in [0.717, 1.165) is 22.2 Å². The van der Waals surface area contributed by atoms with E-state index in [0.29, 0.717) is 12.5 Å². The van der Waals surface area contributed by atoms with Gasteiger partial charge in [0.2, 0.25) is 5.95 Å². The van der Waals surface area contributed by atoms with Crippen LogP contribution in [0.2, 0.25) is 0 Å². The van der Waals surface area contributed by atoms with Gasteiger partial charge in [-0.25, -0.2) is 14.8 Å². The number of imidazole rings is 1. The van der Waals surface area contributed by atoms with Gasteiger partial charge in [0, 0.05) is 31.5 Å². The van der Waals surface area contributed by atoms with Crippen LogP contribution in [0, 0.1) is 0 Å². The third-order valence-corrected chi connectivity index (χ3v) is 4.18. The summed E-state index contributed by atoms with van der Waals surface area (Å²) in [5.74, 6) is 0.585. The lowest BCUT2D eigenvalue weighted by Gasteiger charge is -2.06. The fourth-order valence-corrected chi connectivity index (χ4v) is 2.76. The van der Waals surface area contributed by atoms with Crippen LogP contribution in [0.3, 0.4) is 0 Å². The molecule has 2 aromatic heterocycles. The Balaban J connectivity index is 1.54. The number of hydrogen-bond donors (Lipinski definition) is 2. The summed E-state index contributed by atoms with van der Waals surface area (Å²) in [7, 11) is 1.75. The summed E-state index contributed by atoms with van der Waals surface area (Å²) in [6.45, 7) is 0.678. The highest BCUT2D eigenvalue weighted by atomic mass is 16.1. The first-order valence-corrected chi connectivity index (χ1v) is 8.00. The van der Waals surface area contributed by atoms with E-state index in [1.807, 2.05) is 36.4 Å². The lowest BCUT2D eigenvalue weighted by molar-refractivity contribution is 0.891. The summed E-state index contributed by atoms with van der Waals surface area (Å²) < 4.78 is 1.59. The number of aryl methyl sites for hydroxylation is 1. The molecule has 4 aromatic rings. The van der Waals surface area contributed by atoms with E-state index >= 15 is 0 Å². The van der Waals surface area contributed by atoms with Crippen molar-refractivity contribution in [2.75, 3.05) is 5.32 Å². The van der Waals surface area contributed by atoms with Crippen LogP contribution in [0.4, 0.5) is 5.95 Å². The molecule has 0 atom stereocenters. The SMILES string of the molecule is Cn1c(=O)[nH]c2cc(-c3cnc(NCc4ccccc4)nc3)ccc21. The fourth-order valence-electron chi connectivity index (χ4n) is 2.76. The monoisotopic (exact) mass is 331 g/mol. The van der Waals surface area contributed by atoms with E-state index in [2.05, 4.69) is 32.4 Å². The second-order valence-corrected chi connectivity index (χ2v) is 5.86. The van der Waals surface area contributed by atoms with Crippen molar-refractivity contribution in [3.63, 3.8) is 0 Å². The number of nitrogens with zero attached hydrogens (tertiary/aromatic N) is 3. The minimum atomic E-state index is -0.121. The number of benzene rings is 2. The van der Waals surface area contributed by atoms with Gasteiger partial charge in [-0.1, -0.05) is 36.4 Å². The summed E-state index contributed by atoms with van der Waals surface area (Å²) in [5, 5.41) is 3.21. The third-order valence-electron chi connectivity index (χ3n) is 4.18. The van der Waals surface area contributed by atoms with E-state index < -0.39 is 0 Å². The number of aromatic amines is 1. The third kappa shape index (κ3) is 3.01. The molecule has 0 aliphatic heterocycles. The number of H-pyrrole nitrogens is 1. The van der Waals surface area contributed by atoms with Gasteiger partial charge in [-0.3, -0.25) is 4.57 Å². The van der Waals surface area contributed by atoms with Crippen LogP contribution >= 0.6 is 0 Å². The molecule has 0 unspecified atom stereocenters. The second-order valence-electron chi connectivity index (χ2n) is 5.86. The maximum Gasteiger partial charge on any atom is 0.326 e. The van der Waals surface area contributed by atoms with Crippen molar-refractivity contribution in [3.05, 3.63) is 77.0 Å². The summed E-state index contributed by atoms with van der Waals surface area (Å²) in [6, 6.07) is 15.9. The molecular weight excluding hydrogens is 314 g/mol. The van der Waals surface area contributed by atoms with Gasteiger partial charge in [-0.15, -0.1) is 0 Å². The molecule has 0 spiro atoms. The van der Waals surface area contributed by atoms with Crippen molar-refractivity contribution in [1.82, 2.24) is 19.5 Å². The number of aromatic nitrogens is 4. The number of rotatable bonds is 4. The normalized spacial score (nSPS) is 10.9. The Hall–Kier alpha value is -3.41. The molecular formula is C19H17N5O. The van der Waals surface area contributed by atoms with E-state index in [1.165, 1.54) is 5.56 Å². The van der Waals surface area contributed by atoms with Gasteiger partial charge in [0.25, 0.3) is 0 Å². The molecule has 2 N–H and O–H groups in total. The van der Waals surface area contributed by atoms with E-state index in [9.17, 15) is 4.79 Å². The largest absolute Gasteiger partial charge is 0.350 e. The van der Waals surface area contributed by atoms with E-state index in [-0.39, 0.29) is 5.69 Å². The molecule has 2 heterocycles. The average Bonchev–Trinajstić information content (AvgIpc) is 2.95. The van der Waals surface area contributed by atoms with Gasteiger partial charge in [0.15, 0.2) is 0 Å². The van der Waals surface area contributed by atoms with Crippen LogP contribution in [0.5, 0.6) is 0 Å². The molecule has 6 nitrogen and oxygen atoms in total.